The Morgan fingerprint density at radius 2 is 1.91 bits per heavy atom. The number of ether oxygens (including phenoxy) is 2. The van der Waals surface area contributed by atoms with Crippen molar-refractivity contribution in [2.45, 2.75) is 20.1 Å². The molecule has 1 aromatic heterocycles. The lowest BCUT2D eigenvalue weighted by Crippen LogP contribution is -2.18. The summed E-state index contributed by atoms with van der Waals surface area (Å²) in [5, 5.41) is 18.4. The van der Waals surface area contributed by atoms with Crippen molar-refractivity contribution < 1.29 is 32.8 Å². The van der Waals surface area contributed by atoms with E-state index in [1.807, 2.05) is 12.1 Å². The van der Waals surface area contributed by atoms with E-state index < -0.39 is 34.4 Å². The number of amides is 2. The summed E-state index contributed by atoms with van der Waals surface area (Å²) in [6.07, 6.45) is 0. The van der Waals surface area contributed by atoms with Gasteiger partial charge in [-0.15, -0.1) is 11.3 Å². The summed E-state index contributed by atoms with van der Waals surface area (Å²) in [5.74, 6) is -1.85. The van der Waals surface area contributed by atoms with Gasteiger partial charge >= 0.3 is 6.61 Å². The molecular weight excluding hydrogens is 474 g/mol. The summed E-state index contributed by atoms with van der Waals surface area (Å²) in [6.45, 7) is -1.42. The molecule has 0 saturated heterocycles. The largest absolute Gasteiger partial charge is 0.493 e. The Labute approximate surface area is 195 Å². The van der Waals surface area contributed by atoms with Crippen molar-refractivity contribution in [2.75, 3.05) is 12.4 Å². The van der Waals surface area contributed by atoms with Gasteiger partial charge in [0.2, 0.25) is 5.91 Å². The Kier molecular flexibility index (Phi) is 7.68. The molecule has 0 aliphatic heterocycles. The predicted octanol–water partition coefficient (Wildman–Crippen LogP) is 4.22. The van der Waals surface area contributed by atoms with Crippen LogP contribution in [0.4, 0.5) is 19.6 Å². The molecule has 2 N–H and O–H groups in total. The Morgan fingerprint density at radius 1 is 1.21 bits per heavy atom. The Hall–Kier alpha value is -4.13. The average molecular weight is 492 g/mol. The minimum absolute atomic E-state index is 0.141. The highest BCUT2D eigenvalue weighted by molar-refractivity contribution is 7.14. The second-order valence-corrected chi connectivity index (χ2v) is 7.61. The molecule has 0 atom stereocenters. The van der Waals surface area contributed by atoms with Crippen LogP contribution < -0.4 is 20.1 Å². The molecule has 0 unspecified atom stereocenters. The van der Waals surface area contributed by atoms with E-state index >= 15 is 0 Å². The van der Waals surface area contributed by atoms with Crippen LogP contribution in [-0.2, 0) is 11.3 Å². The minimum atomic E-state index is -3.23. The third kappa shape index (κ3) is 6.01. The standard InChI is InChI=1S/C21H18F2N4O6S/c1-11(28)24-9-12-3-5-13(6-4-12)15-10-34-21(25-15)26-19(29)14-7-17(32-2)18(33-20(22)23)8-16(14)27(30)31/h3-8,10,20H,9H2,1-2H3,(H,24,28)(H,25,26,29). The van der Waals surface area contributed by atoms with Crippen LogP contribution in [-0.4, -0.2) is 35.4 Å². The number of thiazole rings is 1. The maximum atomic E-state index is 12.7. The molecule has 0 saturated carbocycles. The van der Waals surface area contributed by atoms with E-state index in [0.29, 0.717) is 18.3 Å². The van der Waals surface area contributed by atoms with E-state index in [9.17, 15) is 28.5 Å². The number of nitrogens with zero attached hydrogens (tertiary/aromatic N) is 2. The smallest absolute Gasteiger partial charge is 0.387 e. The van der Waals surface area contributed by atoms with Gasteiger partial charge in [-0.05, 0) is 5.56 Å². The molecule has 0 bridgehead atoms. The maximum Gasteiger partial charge on any atom is 0.387 e. The lowest BCUT2D eigenvalue weighted by molar-refractivity contribution is -0.385. The lowest BCUT2D eigenvalue weighted by atomic mass is 10.1. The van der Waals surface area contributed by atoms with Crippen molar-refractivity contribution in [3.8, 4) is 22.8 Å². The fraction of sp³-hybridized carbons (Fsp3) is 0.190. The molecule has 0 fully saturated rings. The van der Waals surface area contributed by atoms with E-state index in [2.05, 4.69) is 20.4 Å². The van der Waals surface area contributed by atoms with Crippen molar-refractivity contribution in [3.63, 3.8) is 0 Å². The van der Waals surface area contributed by atoms with Crippen molar-refractivity contribution >= 4 is 34.0 Å². The number of nitro groups is 1. The molecule has 10 nitrogen and oxygen atoms in total. The van der Waals surface area contributed by atoms with E-state index in [1.165, 1.54) is 6.92 Å². The number of hydrogen-bond donors (Lipinski definition) is 2. The number of benzene rings is 2. The molecule has 2 aromatic carbocycles. The molecule has 3 rings (SSSR count). The maximum absolute atomic E-state index is 12.7. The lowest BCUT2D eigenvalue weighted by Gasteiger charge is -2.11. The van der Waals surface area contributed by atoms with E-state index in [1.54, 1.807) is 17.5 Å². The molecule has 0 spiro atoms. The Balaban J connectivity index is 1.80. The van der Waals surface area contributed by atoms with Gasteiger partial charge in [0, 0.05) is 30.5 Å². The van der Waals surface area contributed by atoms with Crippen LogP contribution >= 0.6 is 11.3 Å². The van der Waals surface area contributed by atoms with Gasteiger partial charge in [0.25, 0.3) is 11.6 Å². The van der Waals surface area contributed by atoms with Crippen LogP contribution in [0.5, 0.6) is 11.5 Å². The van der Waals surface area contributed by atoms with Crippen molar-refractivity contribution in [1.29, 1.82) is 0 Å². The number of alkyl halides is 2. The summed E-state index contributed by atoms with van der Waals surface area (Å²) in [4.78, 5) is 38.6. The second-order valence-electron chi connectivity index (χ2n) is 6.75. The third-order valence-corrected chi connectivity index (χ3v) is 5.21. The second kappa shape index (κ2) is 10.7. The van der Waals surface area contributed by atoms with Gasteiger partial charge in [-0.25, -0.2) is 4.98 Å². The Bertz CT molecular complexity index is 1220. The number of rotatable bonds is 9. The zero-order chi connectivity index (χ0) is 24.8. The number of carbonyl (C=O) groups is 2. The molecule has 1 heterocycles. The number of carbonyl (C=O) groups excluding carboxylic acids is 2. The minimum Gasteiger partial charge on any atom is -0.493 e. The highest BCUT2D eigenvalue weighted by Gasteiger charge is 2.26. The summed E-state index contributed by atoms with van der Waals surface area (Å²) < 4.78 is 34.4. The number of nitro benzene ring substituents is 1. The van der Waals surface area contributed by atoms with E-state index in [-0.39, 0.29) is 16.8 Å². The number of nitrogens with one attached hydrogen (secondary N) is 2. The molecular formula is C21H18F2N4O6S. The third-order valence-electron chi connectivity index (χ3n) is 4.46. The molecule has 34 heavy (non-hydrogen) atoms. The fourth-order valence-corrected chi connectivity index (χ4v) is 3.59. The first-order valence-electron chi connectivity index (χ1n) is 9.59. The zero-order valence-corrected chi connectivity index (χ0v) is 18.7. The SMILES string of the molecule is COc1cc(C(=O)Nc2nc(-c3ccc(CNC(C)=O)cc3)cs2)c([N+](=O)[O-])cc1OC(F)F. The molecule has 178 valence electrons. The van der Waals surface area contributed by atoms with E-state index in [0.717, 1.165) is 35.6 Å². The monoisotopic (exact) mass is 492 g/mol. The molecule has 13 heteroatoms. The number of hydrogen-bond acceptors (Lipinski definition) is 8. The number of halogens is 2. The van der Waals surface area contributed by atoms with Crippen LogP contribution in [0.1, 0.15) is 22.8 Å². The average Bonchev–Trinajstić information content (AvgIpc) is 3.25. The van der Waals surface area contributed by atoms with E-state index in [4.69, 9.17) is 4.74 Å². The number of aromatic nitrogens is 1. The van der Waals surface area contributed by atoms with Gasteiger partial charge < -0.3 is 14.8 Å². The summed E-state index contributed by atoms with van der Waals surface area (Å²) in [7, 11) is 1.15. The van der Waals surface area contributed by atoms with Crippen LogP contribution in [0, 0.1) is 10.1 Å². The van der Waals surface area contributed by atoms with Gasteiger partial charge in [0.05, 0.1) is 23.8 Å². The van der Waals surface area contributed by atoms with Gasteiger partial charge in [0.15, 0.2) is 16.6 Å². The first-order chi connectivity index (χ1) is 16.2. The fourth-order valence-electron chi connectivity index (χ4n) is 2.88. The summed E-state index contributed by atoms with van der Waals surface area (Å²) in [6, 6.07) is 8.90. The van der Waals surface area contributed by atoms with Crippen LogP contribution in [0.25, 0.3) is 11.3 Å². The topological polar surface area (TPSA) is 133 Å². The van der Waals surface area contributed by atoms with Crippen molar-refractivity contribution in [2.24, 2.45) is 0 Å². The zero-order valence-electron chi connectivity index (χ0n) is 17.8. The van der Waals surface area contributed by atoms with Crippen LogP contribution in [0.3, 0.4) is 0 Å². The first-order valence-corrected chi connectivity index (χ1v) is 10.5. The Morgan fingerprint density at radius 3 is 2.50 bits per heavy atom. The van der Waals surface area contributed by atoms with Crippen molar-refractivity contribution in [1.82, 2.24) is 10.3 Å². The highest BCUT2D eigenvalue weighted by Crippen LogP contribution is 2.36. The quantitative estimate of drug-likeness (QED) is 0.338. The van der Waals surface area contributed by atoms with Crippen LogP contribution in [0.15, 0.2) is 41.8 Å². The summed E-state index contributed by atoms with van der Waals surface area (Å²) >= 11 is 1.10. The molecule has 0 aliphatic rings. The van der Waals surface area contributed by atoms with Gasteiger partial charge in [-0.3, -0.25) is 25.0 Å². The predicted molar refractivity (Wildman–Crippen MR) is 119 cm³/mol. The number of anilines is 1. The molecule has 2 amide bonds. The molecule has 0 radical (unpaired) electrons. The van der Waals surface area contributed by atoms with Gasteiger partial charge in [-0.1, -0.05) is 24.3 Å². The molecule has 3 aromatic rings. The van der Waals surface area contributed by atoms with Gasteiger partial charge in [0.1, 0.15) is 5.56 Å². The van der Waals surface area contributed by atoms with Crippen molar-refractivity contribution in [3.05, 3.63) is 63.0 Å². The van der Waals surface area contributed by atoms with Crippen LogP contribution in [0.2, 0.25) is 0 Å². The molecule has 0 aliphatic carbocycles. The van der Waals surface area contributed by atoms with Gasteiger partial charge in [-0.2, -0.15) is 8.78 Å². The highest BCUT2D eigenvalue weighted by atomic mass is 32.1. The number of methoxy groups -OCH3 is 1. The summed E-state index contributed by atoms with van der Waals surface area (Å²) in [5.41, 5.74) is 1.05. The first kappa shape index (κ1) is 24.5. The normalized spacial score (nSPS) is 10.6.